The molecule has 3 aromatic rings. The Morgan fingerprint density at radius 3 is 2.47 bits per heavy atom. The summed E-state index contributed by atoms with van der Waals surface area (Å²) in [6, 6.07) is 20.9. The molecule has 2 N–H and O–H groups in total. The number of aromatic carboxylic acids is 1. The van der Waals surface area contributed by atoms with Crippen LogP contribution in [-0.2, 0) is 11.4 Å². The van der Waals surface area contributed by atoms with Crippen LogP contribution in [0, 0.1) is 18.3 Å². The highest BCUT2D eigenvalue weighted by Gasteiger charge is 2.11. The van der Waals surface area contributed by atoms with E-state index in [4.69, 9.17) is 9.84 Å². The third-order valence-corrected chi connectivity index (χ3v) is 5.24. The highest BCUT2D eigenvalue weighted by atomic mass is 79.9. The van der Waals surface area contributed by atoms with Crippen molar-refractivity contribution < 1.29 is 19.4 Å². The van der Waals surface area contributed by atoms with Crippen molar-refractivity contribution in [2.75, 3.05) is 5.32 Å². The lowest BCUT2D eigenvalue weighted by molar-refractivity contribution is -0.112. The van der Waals surface area contributed by atoms with Gasteiger partial charge in [-0.05, 0) is 76.0 Å². The van der Waals surface area contributed by atoms with Gasteiger partial charge in [0.2, 0.25) is 0 Å². The lowest BCUT2D eigenvalue weighted by Crippen LogP contribution is -2.14. The number of hydrogen-bond donors (Lipinski definition) is 2. The van der Waals surface area contributed by atoms with Gasteiger partial charge in [-0.15, -0.1) is 0 Å². The van der Waals surface area contributed by atoms with Gasteiger partial charge in [-0.25, -0.2) is 4.79 Å². The van der Waals surface area contributed by atoms with Gasteiger partial charge in [-0.3, -0.25) is 4.79 Å². The van der Waals surface area contributed by atoms with Crippen LogP contribution in [0.1, 0.15) is 27.0 Å². The van der Waals surface area contributed by atoms with Gasteiger partial charge in [0, 0.05) is 5.69 Å². The fourth-order valence-corrected chi connectivity index (χ4v) is 3.36. The zero-order valence-electron chi connectivity index (χ0n) is 17.1. The number of nitrogens with one attached hydrogen (secondary N) is 1. The van der Waals surface area contributed by atoms with E-state index >= 15 is 0 Å². The Morgan fingerprint density at radius 1 is 1.12 bits per heavy atom. The van der Waals surface area contributed by atoms with E-state index in [1.165, 1.54) is 18.2 Å². The molecule has 0 fully saturated rings. The maximum absolute atomic E-state index is 12.5. The number of nitrogens with zero attached hydrogens (tertiary/aromatic N) is 1. The van der Waals surface area contributed by atoms with E-state index in [-0.39, 0.29) is 17.7 Å². The summed E-state index contributed by atoms with van der Waals surface area (Å²) in [5, 5.41) is 21.2. The summed E-state index contributed by atoms with van der Waals surface area (Å²) in [6.07, 6.45) is 1.51. The van der Waals surface area contributed by atoms with Crippen LogP contribution in [0.25, 0.3) is 6.08 Å². The van der Waals surface area contributed by atoms with Gasteiger partial charge in [0.15, 0.2) is 0 Å². The molecule has 160 valence electrons. The molecule has 0 aliphatic rings. The average Bonchev–Trinajstić information content (AvgIpc) is 2.78. The largest absolute Gasteiger partial charge is 0.488 e. The zero-order valence-corrected chi connectivity index (χ0v) is 18.7. The van der Waals surface area contributed by atoms with E-state index < -0.39 is 11.9 Å². The Morgan fingerprint density at radius 2 is 1.84 bits per heavy atom. The molecule has 0 heterocycles. The van der Waals surface area contributed by atoms with Crippen molar-refractivity contribution in [3.63, 3.8) is 0 Å². The molecular formula is C25H19BrN2O4. The molecule has 0 aliphatic carbocycles. The molecule has 1 amide bonds. The lowest BCUT2D eigenvalue weighted by atomic mass is 10.1. The lowest BCUT2D eigenvalue weighted by Gasteiger charge is -2.10. The number of carbonyl (C=O) groups excluding carboxylic acids is 1. The molecule has 0 unspecified atom stereocenters. The first-order chi connectivity index (χ1) is 15.4. The molecule has 0 aromatic heterocycles. The molecule has 32 heavy (non-hydrogen) atoms. The Balaban J connectivity index is 1.69. The number of anilines is 1. The minimum Gasteiger partial charge on any atom is -0.488 e. The predicted molar refractivity (Wildman–Crippen MR) is 125 cm³/mol. The fourth-order valence-electron chi connectivity index (χ4n) is 2.85. The number of carboxylic acids is 1. The van der Waals surface area contributed by atoms with Crippen LogP contribution in [-0.4, -0.2) is 17.0 Å². The molecular weight excluding hydrogens is 472 g/mol. The van der Waals surface area contributed by atoms with Crippen LogP contribution in [0.3, 0.4) is 0 Å². The second-order valence-corrected chi connectivity index (χ2v) is 7.77. The summed E-state index contributed by atoms with van der Waals surface area (Å²) >= 11 is 3.45. The molecule has 0 aliphatic heterocycles. The number of carbonyl (C=O) groups is 2. The van der Waals surface area contributed by atoms with Crippen LogP contribution in [0.15, 0.2) is 76.8 Å². The van der Waals surface area contributed by atoms with E-state index in [1.807, 2.05) is 31.2 Å². The van der Waals surface area contributed by atoms with Crippen LogP contribution < -0.4 is 10.1 Å². The number of rotatable bonds is 7. The first-order valence-corrected chi connectivity index (χ1v) is 10.4. The number of aryl methyl sites for hydroxylation is 1. The second-order valence-electron chi connectivity index (χ2n) is 6.92. The third kappa shape index (κ3) is 5.84. The zero-order chi connectivity index (χ0) is 23.1. The average molecular weight is 491 g/mol. The smallest absolute Gasteiger partial charge is 0.335 e. The molecule has 7 heteroatoms. The maximum Gasteiger partial charge on any atom is 0.335 e. The summed E-state index contributed by atoms with van der Waals surface area (Å²) in [6.45, 7) is 2.14. The Bertz CT molecular complexity index is 1230. The van der Waals surface area contributed by atoms with Crippen LogP contribution >= 0.6 is 15.9 Å². The van der Waals surface area contributed by atoms with Crippen molar-refractivity contribution in [2.24, 2.45) is 0 Å². The Hall–Kier alpha value is -3.89. The SMILES string of the molecule is Cc1ccccc1NC(=O)C(C#N)=Cc1ccc(OCc2ccc(C(=O)O)cc2)c(Br)c1. The van der Waals surface area contributed by atoms with Gasteiger partial charge in [0.25, 0.3) is 5.91 Å². The van der Waals surface area contributed by atoms with Crippen molar-refractivity contribution in [1.82, 2.24) is 0 Å². The molecule has 0 saturated heterocycles. The van der Waals surface area contributed by atoms with E-state index in [0.29, 0.717) is 21.5 Å². The molecule has 0 radical (unpaired) electrons. The van der Waals surface area contributed by atoms with Crippen molar-refractivity contribution >= 4 is 39.6 Å². The molecule has 0 saturated carbocycles. The van der Waals surface area contributed by atoms with Crippen LogP contribution in [0.4, 0.5) is 5.69 Å². The number of carboxylic acid groups (broad SMARTS) is 1. The molecule has 0 atom stereocenters. The van der Waals surface area contributed by atoms with E-state index in [9.17, 15) is 14.9 Å². The highest BCUT2D eigenvalue weighted by molar-refractivity contribution is 9.10. The molecule has 3 rings (SSSR count). The number of hydrogen-bond acceptors (Lipinski definition) is 4. The summed E-state index contributed by atoms with van der Waals surface area (Å²) in [5.41, 5.74) is 3.23. The standard InChI is InChI=1S/C25H19BrN2O4/c1-16-4-2-3-5-22(16)28-24(29)20(14-27)12-18-8-11-23(21(26)13-18)32-15-17-6-9-19(10-7-17)25(30)31/h2-13H,15H2,1H3,(H,28,29)(H,30,31). The predicted octanol–water partition coefficient (Wildman–Crippen LogP) is 5.58. The van der Waals surface area contributed by atoms with E-state index in [2.05, 4.69) is 21.2 Å². The Labute approximate surface area is 193 Å². The highest BCUT2D eigenvalue weighted by Crippen LogP contribution is 2.28. The summed E-state index contributed by atoms with van der Waals surface area (Å²) in [7, 11) is 0. The monoisotopic (exact) mass is 490 g/mol. The summed E-state index contributed by atoms with van der Waals surface area (Å²) < 4.78 is 6.45. The molecule has 6 nitrogen and oxygen atoms in total. The van der Waals surface area contributed by atoms with E-state index in [0.717, 1.165) is 11.1 Å². The van der Waals surface area contributed by atoms with Gasteiger partial charge < -0.3 is 15.2 Å². The van der Waals surface area contributed by atoms with Crippen molar-refractivity contribution in [3.05, 3.63) is 99.0 Å². The Kier molecular flexibility index (Phi) is 7.42. The van der Waals surface area contributed by atoms with Gasteiger partial charge in [-0.2, -0.15) is 5.26 Å². The van der Waals surface area contributed by atoms with Gasteiger partial charge >= 0.3 is 5.97 Å². The first-order valence-electron chi connectivity index (χ1n) is 9.60. The summed E-state index contributed by atoms with van der Waals surface area (Å²) in [5.74, 6) is -0.886. The number of ether oxygens (including phenoxy) is 1. The second kappa shape index (κ2) is 10.4. The number of halogens is 1. The van der Waals surface area contributed by atoms with Crippen molar-refractivity contribution in [3.8, 4) is 11.8 Å². The number of nitriles is 1. The molecule has 0 spiro atoms. The first kappa shape index (κ1) is 22.8. The van der Waals surface area contributed by atoms with E-state index in [1.54, 1.807) is 36.4 Å². The fraction of sp³-hybridized carbons (Fsp3) is 0.0800. The maximum atomic E-state index is 12.5. The number of benzene rings is 3. The minimum absolute atomic E-state index is 0.0210. The minimum atomic E-state index is -0.979. The number of para-hydroxylation sites is 1. The van der Waals surface area contributed by atoms with Gasteiger partial charge in [-0.1, -0.05) is 36.4 Å². The summed E-state index contributed by atoms with van der Waals surface area (Å²) in [4.78, 5) is 23.4. The normalized spacial score (nSPS) is 10.8. The number of amides is 1. The topological polar surface area (TPSA) is 99.4 Å². The van der Waals surface area contributed by atoms with Crippen molar-refractivity contribution in [2.45, 2.75) is 13.5 Å². The third-order valence-electron chi connectivity index (χ3n) is 4.62. The quantitative estimate of drug-likeness (QED) is 0.332. The van der Waals surface area contributed by atoms with Gasteiger partial charge in [0.1, 0.15) is 24.0 Å². The van der Waals surface area contributed by atoms with Crippen LogP contribution in [0.2, 0.25) is 0 Å². The van der Waals surface area contributed by atoms with Crippen LogP contribution in [0.5, 0.6) is 5.75 Å². The van der Waals surface area contributed by atoms with Gasteiger partial charge in [0.05, 0.1) is 10.0 Å². The molecule has 3 aromatic carbocycles. The van der Waals surface area contributed by atoms with Crippen molar-refractivity contribution in [1.29, 1.82) is 5.26 Å². The molecule has 0 bridgehead atoms.